The molecule has 0 saturated carbocycles. The number of benzene rings is 2. The van der Waals surface area contributed by atoms with Crippen LogP contribution in [0, 0.1) is 0 Å². The zero-order valence-corrected chi connectivity index (χ0v) is 18.4. The van der Waals surface area contributed by atoms with E-state index in [9.17, 15) is 23.4 Å². The first-order chi connectivity index (χ1) is 12.9. The summed E-state index contributed by atoms with van der Waals surface area (Å²) < 4.78 is 38.7. The van der Waals surface area contributed by atoms with Gasteiger partial charge in [0.05, 0.1) is 5.56 Å². The molecular weight excluding hydrogens is 397 g/mol. The van der Waals surface area contributed by atoms with Crippen molar-refractivity contribution in [3.8, 4) is 0 Å². The van der Waals surface area contributed by atoms with Crippen LogP contribution in [0.3, 0.4) is 0 Å². The molecule has 2 N–H and O–H groups in total. The maximum absolute atomic E-state index is 12.9. The van der Waals surface area contributed by atoms with Crippen molar-refractivity contribution in [2.75, 3.05) is 0 Å². The van der Waals surface area contributed by atoms with Gasteiger partial charge < -0.3 is 10.2 Å². The van der Waals surface area contributed by atoms with Crippen LogP contribution in [0.1, 0.15) is 5.56 Å². The molecule has 1 aliphatic rings. The van der Waals surface area contributed by atoms with Crippen LogP contribution < -0.4 is 10.4 Å². The van der Waals surface area contributed by atoms with Gasteiger partial charge in [0.15, 0.2) is 0 Å². The number of aliphatic hydroxyl groups is 2. The summed E-state index contributed by atoms with van der Waals surface area (Å²) in [4.78, 5) is 0. The van der Waals surface area contributed by atoms with Crippen molar-refractivity contribution in [3.63, 3.8) is 0 Å². The minimum atomic E-state index is -4.37. The second-order valence-corrected chi connectivity index (χ2v) is 17.1. The van der Waals surface area contributed by atoms with Crippen molar-refractivity contribution in [3.05, 3.63) is 70.6 Å². The van der Waals surface area contributed by atoms with E-state index in [1.54, 1.807) is 0 Å². The van der Waals surface area contributed by atoms with E-state index in [-0.39, 0.29) is 0 Å². The Bertz CT molecular complexity index is 888. The highest BCUT2D eigenvalue weighted by Gasteiger charge is 2.52. The van der Waals surface area contributed by atoms with Gasteiger partial charge >= 0.3 is 6.18 Å². The van der Waals surface area contributed by atoms with Crippen LogP contribution in [0.5, 0.6) is 0 Å². The van der Waals surface area contributed by atoms with Crippen LogP contribution in [-0.4, -0.2) is 38.6 Å². The highest BCUT2D eigenvalue weighted by molar-refractivity contribution is 7.02. The third kappa shape index (κ3) is 3.41. The molecule has 0 bridgehead atoms. The van der Waals surface area contributed by atoms with Crippen molar-refractivity contribution >= 4 is 26.5 Å². The topological polar surface area (TPSA) is 40.5 Å². The van der Waals surface area contributed by atoms with Gasteiger partial charge in [-0.2, -0.15) is 13.2 Å². The molecule has 0 aliphatic heterocycles. The molecule has 2 aromatic rings. The molecule has 2 aromatic carbocycles. The van der Waals surface area contributed by atoms with E-state index < -0.39 is 40.1 Å². The summed E-state index contributed by atoms with van der Waals surface area (Å²) in [7, 11) is -4.67. The molecular formula is C21H25F3O2Si2. The van der Waals surface area contributed by atoms with E-state index in [1.165, 1.54) is 12.1 Å². The van der Waals surface area contributed by atoms with Crippen LogP contribution in [0.2, 0.25) is 26.2 Å². The highest BCUT2D eigenvalue weighted by atomic mass is 28.3. The summed E-state index contributed by atoms with van der Waals surface area (Å²) in [6.45, 7) is 8.33. The van der Waals surface area contributed by atoms with Crippen LogP contribution in [0.25, 0.3) is 0 Å². The third-order valence-electron chi connectivity index (χ3n) is 5.96. The summed E-state index contributed by atoms with van der Waals surface area (Å²) in [6.07, 6.45) is -6.23. The summed E-state index contributed by atoms with van der Waals surface area (Å²) >= 11 is 0. The Balaban J connectivity index is 2.08. The molecule has 0 radical (unpaired) electrons. The molecule has 0 heterocycles. The number of hydrogen-bond acceptors (Lipinski definition) is 2. The number of alkyl halides is 3. The molecule has 0 amide bonds. The van der Waals surface area contributed by atoms with Gasteiger partial charge in [-0.05, 0) is 10.4 Å². The Morgan fingerprint density at radius 2 is 1.07 bits per heavy atom. The zero-order chi connectivity index (χ0) is 20.9. The van der Waals surface area contributed by atoms with Crippen LogP contribution in [-0.2, 0) is 6.18 Å². The number of aliphatic hydroxyl groups excluding tert-OH is 2. The third-order valence-corrected chi connectivity index (χ3v) is 13.6. The molecule has 0 saturated heterocycles. The SMILES string of the molecule is C[Si](C)(C1=C([Si](C)(C)c2ccccc2)[C@H](O)[C@@H]1O)c1ccc(C(F)(F)F)cc1. The smallest absolute Gasteiger partial charge is 0.386 e. The second-order valence-electron chi connectivity index (χ2n) is 8.41. The molecule has 2 atom stereocenters. The highest BCUT2D eigenvalue weighted by Crippen LogP contribution is 2.41. The fourth-order valence-corrected chi connectivity index (χ4v) is 12.2. The van der Waals surface area contributed by atoms with Crippen molar-refractivity contribution in [1.29, 1.82) is 0 Å². The molecule has 2 nitrogen and oxygen atoms in total. The van der Waals surface area contributed by atoms with Gasteiger partial charge in [0.25, 0.3) is 0 Å². The Kier molecular flexibility index (Phi) is 5.25. The largest absolute Gasteiger partial charge is 0.416 e. The average molecular weight is 423 g/mol. The van der Waals surface area contributed by atoms with Crippen molar-refractivity contribution < 1.29 is 23.4 Å². The molecule has 1 aliphatic carbocycles. The summed E-state index contributed by atoms with van der Waals surface area (Å²) in [5, 5.41) is 25.0. The summed E-state index contributed by atoms with van der Waals surface area (Å²) in [6, 6.07) is 15.2. The maximum Gasteiger partial charge on any atom is 0.416 e. The van der Waals surface area contributed by atoms with Gasteiger partial charge in [-0.1, -0.05) is 91.2 Å². The Labute approximate surface area is 165 Å². The van der Waals surface area contributed by atoms with Crippen LogP contribution >= 0.6 is 0 Å². The molecule has 3 rings (SSSR count). The lowest BCUT2D eigenvalue weighted by Crippen LogP contribution is -2.64. The first-order valence-corrected chi connectivity index (χ1v) is 15.2. The molecule has 7 heteroatoms. The fourth-order valence-electron chi connectivity index (χ4n) is 4.19. The summed E-state index contributed by atoms with van der Waals surface area (Å²) in [5.74, 6) is 0. The first kappa shape index (κ1) is 21.0. The predicted octanol–water partition coefficient (Wildman–Crippen LogP) is 3.35. The van der Waals surface area contributed by atoms with Crippen molar-refractivity contribution in [2.24, 2.45) is 0 Å². The quantitative estimate of drug-likeness (QED) is 0.742. The predicted molar refractivity (Wildman–Crippen MR) is 111 cm³/mol. The van der Waals surface area contributed by atoms with Crippen molar-refractivity contribution in [2.45, 2.75) is 44.6 Å². The number of halogens is 3. The lowest BCUT2D eigenvalue weighted by molar-refractivity contribution is -0.137. The van der Waals surface area contributed by atoms with E-state index in [0.717, 1.165) is 32.9 Å². The van der Waals surface area contributed by atoms with Gasteiger partial charge in [-0.25, -0.2) is 0 Å². The molecule has 28 heavy (non-hydrogen) atoms. The monoisotopic (exact) mass is 422 g/mol. The minimum Gasteiger partial charge on any atom is -0.386 e. The lowest BCUT2D eigenvalue weighted by Gasteiger charge is -2.48. The molecule has 0 spiro atoms. The fraction of sp³-hybridized carbons (Fsp3) is 0.333. The van der Waals surface area contributed by atoms with Gasteiger partial charge in [0, 0.05) is 0 Å². The number of rotatable bonds is 4. The molecule has 0 fully saturated rings. The normalized spacial score (nSPS) is 20.9. The second kappa shape index (κ2) is 6.98. The van der Waals surface area contributed by atoms with Gasteiger partial charge in [0.1, 0.15) is 28.4 Å². The van der Waals surface area contributed by atoms with Crippen molar-refractivity contribution in [1.82, 2.24) is 0 Å². The first-order valence-electron chi connectivity index (χ1n) is 9.23. The van der Waals surface area contributed by atoms with E-state index in [0.29, 0.717) is 0 Å². The maximum atomic E-state index is 12.9. The standard InChI is InChI=1S/C21H25F3O2Si2/c1-27(2,15-8-6-5-7-9-15)19-17(25)18(26)20(19)28(3,4)16-12-10-14(11-13-16)21(22,23)24/h5-13,17-18,25-26H,1-4H3/t17-,18+/m1/s1. The summed E-state index contributed by atoms with van der Waals surface area (Å²) in [5.41, 5.74) is -0.677. The Morgan fingerprint density at radius 3 is 1.46 bits per heavy atom. The molecule has 0 unspecified atom stereocenters. The van der Waals surface area contributed by atoms with E-state index in [1.807, 2.05) is 43.4 Å². The molecule has 0 aromatic heterocycles. The number of hydrogen-bond donors (Lipinski definition) is 2. The van der Waals surface area contributed by atoms with Crippen LogP contribution in [0.15, 0.2) is 65.0 Å². The van der Waals surface area contributed by atoms with E-state index in [2.05, 4.69) is 13.1 Å². The molecule has 150 valence electrons. The zero-order valence-electron chi connectivity index (χ0n) is 16.4. The Morgan fingerprint density at radius 1 is 0.679 bits per heavy atom. The minimum absolute atomic E-state index is 0.677. The van der Waals surface area contributed by atoms with Gasteiger partial charge in [0.2, 0.25) is 0 Å². The Hall–Kier alpha value is -1.68. The van der Waals surface area contributed by atoms with E-state index >= 15 is 0 Å². The van der Waals surface area contributed by atoms with E-state index in [4.69, 9.17) is 0 Å². The van der Waals surface area contributed by atoms with Gasteiger partial charge in [-0.15, -0.1) is 0 Å². The van der Waals surface area contributed by atoms with Crippen LogP contribution in [0.4, 0.5) is 13.2 Å². The average Bonchev–Trinajstić information content (AvgIpc) is 2.65. The van der Waals surface area contributed by atoms with Gasteiger partial charge in [-0.3, -0.25) is 0 Å². The lowest BCUT2D eigenvalue weighted by atomic mass is 10.0.